The molecule has 2 aromatic rings. The lowest BCUT2D eigenvalue weighted by Crippen LogP contribution is -1.85. The lowest BCUT2D eigenvalue weighted by Gasteiger charge is -1.97. The van der Waals surface area contributed by atoms with Gasteiger partial charge in [-0.3, -0.25) is 4.98 Å². The van der Waals surface area contributed by atoms with Gasteiger partial charge in [-0.05, 0) is 12.1 Å². The smallest absolute Gasteiger partial charge is 0.0958 e. The number of aromatic nitrogens is 2. The third-order valence-corrected chi connectivity index (χ3v) is 3.14. The van der Waals surface area contributed by atoms with Crippen LogP contribution in [0.4, 0.5) is 0 Å². The molecule has 0 bridgehead atoms. The van der Waals surface area contributed by atoms with E-state index in [1.54, 1.807) is 23.7 Å². The highest BCUT2D eigenvalue weighted by Crippen LogP contribution is 2.25. The number of rotatable bonds is 2. The Bertz CT molecular complexity index is 406. The molecule has 0 N–H and O–H groups in total. The summed E-state index contributed by atoms with van der Waals surface area (Å²) in [7, 11) is 0. The molecule has 0 amide bonds. The summed E-state index contributed by atoms with van der Waals surface area (Å²) in [5, 5.41) is 3.29. The van der Waals surface area contributed by atoms with Crippen LogP contribution in [-0.2, 0) is 0 Å². The van der Waals surface area contributed by atoms with Crippen molar-refractivity contribution in [3.05, 3.63) is 34.9 Å². The standard InChI is InChI=1S/C11H12N2S/c1-8(2)11-13-10(7-14-11)9-3-5-12-6-4-9/h3-8H,1-2H3. The first-order valence-corrected chi connectivity index (χ1v) is 5.51. The Morgan fingerprint density at radius 2 is 1.93 bits per heavy atom. The molecule has 72 valence electrons. The first kappa shape index (κ1) is 9.34. The second kappa shape index (κ2) is 3.88. The second-order valence-electron chi connectivity index (χ2n) is 3.46. The van der Waals surface area contributed by atoms with E-state index in [9.17, 15) is 0 Å². The quantitative estimate of drug-likeness (QED) is 0.750. The van der Waals surface area contributed by atoms with Crippen LogP contribution in [0.25, 0.3) is 11.3 Å². The van der Waals surface area contributed by atoms with Crippen LogP contribution >= 0.6 is 11.3 Å². The minimum Gasteiger partial charge on any atom is -0.265 e. The summed E-state index contributed by atoms with van der Waals surface area (Å²) < 4.78 is 0. The highest BCUT2D eigenvalue weighted by atomic mass is 32.1. The van der Waals surface area contributed by atoms with Crippen LogP contribution in [0.2, 0.25) is 0 Å². The number of hydrogen-bond acceptors (Lipinski definition) is 3. The largest absolute Gasteiger partial charge is 0.265 e. The molecule has 0 atom stereocenters. The van der Waals surface area contributed by atoms with Gasteiger partial charge in [0.1, 0.15) is 0 Å². The lowest BCUT2D eigenvalue weighted by molar-refractivity contribution is 0.853. The summed E-state index contributed by atoms with van der Waals surface area (Å²) in [4.78, 5) is 8.56. The molecule has 0 spiro atoms. The van der Waals surface area contributed by atoms with E-state index in [1.165, 1.54) is 5.01 Å². The predicted octanol–water partition coefficient (Wildman–Crippen LogP) is 3.33. The van der Waals surface area contributed by atoms with Crippen LogP contribution in [0.3, 0.4) is 0 Å². The van der Waals surface area contributed by atoms with Crippen molar-refractivity contribution in [2.75, 3.05) is 0 Å². The molecule has 0 aliphatic carbocycles. The Morgan fingerprint density at radius 1 is 1.21 bits per heavy atom. The molecule has 2 rings (SSSR count). The van der Waals surface area contributed by atoms with E-state index in [0.29, 0.717) is 5.92 Å². The van der Waals surface area contributed by atoms with Crippen LogP contribution in [-0.4, -0.2) is 9.97 Å². The molecule has 2 aromatic heterocycles. The van der Waals surface area contributed by atoms with Gasteiger partial charge >= 0.3 is 0 Å². The Hall–Kier alpha value is -1.22. The van der Waals surface area contributed by atoms with Crippen molar-refractivity contribution in [2.45, 2.75) is 19.8 Å². The molecule has 0 aliphatic heterocycles. The van der Waals surface area contributed by atoms with Gasteiger partial charge in [0.25, 0.3) is 0 Å². The first-order chi connectivity index (χ1) is 6.77. The Kier molecular flexibility index (Phi) is 2.59. The first-order valence-electron chi connectivity index (χ1n) is 4.63. The van der Waals surface area contributed by atoms with Gasteiger partial charge in [0, 0.05) is 29.3 Å². The van der Waals surface area contributed by atoms with Gasteiger partial charge in [-0.25, -0.2) is 4.98 Å². The third-order valence-electron chi connectivity index (χ3n) is 1.99. The third kappa shape index (κ3) is 1.82. The highest BCUT2D eigenvalue weighted by molar-refractivity contribution is 7.10. The average molecular weight is 204 g/mol. The summed E-state index contributed by atoms with van der Waals surface area (Å²) in [6.07, 6.45) is 3.59. The molecular weight excluding hydrogens is 192 g/mol. The monoisotopic (exact) mass is 204 g/mol. The van der Waals surface area contributed by atoms with Gasteiger partial charge in [0.15, 0.2) is 0 Å². The van der Waals surface area contributed by atoms with E-state index < -0.39 is 0 Å². The molecule has 0 saturated heterocycles. The van der Waals surface area contributed by atoms with Crippen molar-refractivity contribution in [1.82, 2.24) is 9.97 Å². The molecule has 0 radical (unpaired) electrons. The minimum atomic E-state index is 0.510. The summed E-state index contributed by atoms with van der Waals surface area (Å²) in [6.45, 7) is 4.32. The van der Waals surface area contributed by atoms with Crippen molar-refractivity contribution < 1.29 is 0 Å². The molecule has 0 aromatic carbocycles. The van der Waals surface area contributed by atoms with E-state index in [0.717, 1.165) is 11.3 Å². The van der Waals surface area contributed by atoms with Crippen molar-refractivity contribution in [1.29, 1.82) is 0 Å². The maximum absolute atomic E-state index is 4.57. The predicted molar refractivity (Wildman–Crippen MR) is 59.4 cm³/mol. The molecule has 0 saturated carbocycles. The highest BCUT2D eigenvalue weighted by Gasteiger charge is 2.06. The number of nitrogens with zero attached hydrogens (tertiary/aromatic N) is 2. The molecular formula is C11H12N2S. The van der Waals surface area contributed by atoms with Crippen LogP contribution < -0.4 is 0 Å². The topological polar surface area (TPSA) is 25.8 Å². The zero-order valence-electron chi connectivity index (χ0n) is 8.27. The maximum Gasteiger partial charge on any atom is 0.0958 e. The number of hydrogen-bond donors (Lipinski definition) is 0. The van der Waals surface area contributed by atoms with Crippen molar-refractivity contribution >= 4 is 11.3 Å². The van der Waals surface area contributed by atoms with Gasteiger partial charge < -0.3 is 0 Å². The maximum atomic E-state index is 4.57. The van der Waals surface area contributed by atoms with Crippen LogP contribution in [0.15, 0.2) is 29.9 Å². The van der Waals surface area contributed by atoms with E-state index in [2.05, 4.69) is 29.2 Å². The fourth-order valence-electron chi connectivity index (χ4n) is 1.21. The Morgan fingerprint density at radius 3 is 2.50 bits per heavy atom. The van der Waals surface area contributed by atoms with Crippen LogP contribution in [0.5, 0.6) is 0 Å². The fraction of sp³-hybridized carbons (Fsp3) is 0.273. The zero-order valence-corrected chi connectivity index (χ0v) is 9.08. The van der Waals surface area contributed by atoms with E-state index in [-0.39, 0.29) is 0 Å². The molecule has 3 heteroatoms. The fourth-order valence-corrected chi connectivity index (χ4v) is 2.05. The molecule has 0 fully saturated rings. The van der Waals surface area contributed by atoms with Crippen LogP contribution in [0.1, 0.15) is 24.8 Å². The summed E-state index contributed by atoms with van der Waals surface area (Å²) in [6, 6.07) is 3.97. The average Bonchev–Trinajstić information content (AvgIpc) is 2.68. The minimum absolute atomic E-state index is 0.510. The van der Waals surface area contributed by atoms with Gasteiger partial charge in [-0.1, -0.05) is 13.8 Å². The Labute approximate surface area is 87.7 Å². The number of pyridine rings is 1. The van der Waals surface area contributed by atoms with Gasteiger partial charge in [0.05, 0.1) is 10.7 Å². The van der Waals surface area contributed by atoms with Gasteiger partial charge in [-0.2, -0.15) is 0 Å². The second-order valence-corrected chi connectivity index (χ2v) is 4.35. The van der Waals surface area contributed by atoms with Crippen molar-refractivity contribution in [2.24, 2.45) is 0 Å². The summed E-state index contributed by atoms with van der Waals surface area (Å²) >= 11 is 1.72. The van der Waals surface area contributed by atoms with E-state index in [1.807, 2.05) is 12.1 Å². The molecule has 2 heterocycles. The Balaban J connectivity index is 2.34. The SMILES string of the molecule is CC(C)c1nc(-c2ccncc2)cs1. The van der Waals surface area contributed by atoms with Gasteiger partial charge in [0.2, 0.25) is 0 Å². The molecule has 2 nitrogen and oxygen atoms in total. The molecule has 0 unspecified atom stereocenters. The van der Waals surface area contributed by atoms with E-state index >= 15 is 0 Å². The summed E-state index contributed by atoms with van der Waals surface area (Å²) in [5.41, 5.74) is 2.20. The molecule has 14 heavy (non-hydrogen) atoms. The zero-order chi connectivity index (χ0) is 9.97. The lowest BCUT2D eigenvalue weighted by atomic mass is 10.2. The van der Waals surface area contributed by atoms with Crippen molar-refractivity contribution in [3.63, 3.8) is 0 Å². The number of thiazole rings is 1. The normalized spacial score (nSPS) is 10.8. The van der Waals surface area contributed by atoms with Crippen LogP contribution in [0, 0.1) is 0 Å². The van der Waals surface area contributed by atoms with Gasteiger partial charge in [-0.15, -0.1) is 11.3 Å². The molecule has 0 aliphatic rings. The summed E-state index contributed by atoms with van der Waals surface area (Å²) in [5.74, 6) is 0.510. The van der Waals surface area contributed by atoms with E-state index in [4.69, 9.17) is 0 Å². The van der Waals surface area contributed by atoms with Crippen molar-refractivity contribution in [3.8, 4) is 11.3 Å².